The second-order valence-corrected chi connectivity index (χ2v) is 7.96. The molecule has 0 spiro atoms. The second-order valence-electron chi connectivity index (χ2n) is 5.72. The van der Waals surface area contributed by atoms with E-state index < -0.39 is 15.3 Å². The van der Waals surface area contributed by atoms with Gasteiger partial charge in [0.15, 0.2) is 0 Å². The summed E-state index contributed by atoms with van der Waals surface area (Å²) in [4.78, 5) is 11.7. The molecule has 122 valence electrons. The van der Waals surface area contributed by atoms with Crippen molar-refractivity contribution in [3.8, 4) is 0 Å². The summed E-state index contributed by atoms with van der Waals surface area (Å²) in [5.74, 6) is 0. The monoisotopic (exact) mass is 333 g/mol. The van der Waals surface area contributed by atoms with Gasteiger partial charge in [0.2, 0.25) is 10.0 Å². The molecule has 0 saturated carbocycles. The molecule has 0 aromatic carbocycles. The lowest BCUT2D eigenvalue weighted by Crippen LogP contribution is -2.30. The SMILES string of the molecule is C=C(CCn1cnc2cnc3[nH]ccc3c21)NS(=O)(=O)C(C)C. The van der Waals surface area contributed by atoms with Gasteiger partial charge in [-0.3, -0.25) is 4.72 Å². The molecule has 0 aliphatic rings. The van der Waals surface area contributed by atoms with E-state index >= 15 is 0 Å². The minimum atomic E-state index is -3.35. The van der Waals surface area contributed by atoms with Gasteiger partial charge < -0.3 is 9.55 Å². The van der Waals surface area contributed by atoms with Gasteiger partial charge in [0.1, 0.15) is 11.2 Å². The van der Waals surface area contributed by atoms with Crippen LogP contribution in [0.3, 0.4) is 0 Å². The summed E-state index contributed by atoms with van der Waals surface area (Å²) in [5, 5.41) is 0.507. The summed E-state index contributed by atoms with van der Waals surface area (Å²) in [6.45, 7) is 7.66. The average Bonchev–Trinajstić information content (AvgIpc) is 3.10. The van der Waals surface area contributed by atoms with Crippen LogP contribution in [0.15, 0.2) is 37.1 Å². The van der Waals surface area contributed by atoms with E-state index in [1.54, 1.807) is 26.4 Å². The van der Waals surface area contributed by atoms with Gasteiger partial charge in [0.25, 0.3) is 0 Å². The van der Waals surface area contributed by atoms with Crippen molar-refractivity contribution < 1.29 is 8.42 Å². The number of nitrogens with zero attached hydrogens (tertiary/aromatic N) is 3. The van der Waals surface area contributed by atoms with E-state index in [-0.39, 0.29) is 0 Å². The van der Waals surface area contributed by atoms with Gasteiger partial charge in [-0.1, -0.05) is 6.58 Å². The number of H-pyrrole nitrogens is 1. The van der Waals surface area contributed by atoms with Crippen molar-refractivity contribution in [3.63, 3.8) is 0 Å². The number of sulfonamides is 1. The zero-order chi connectivity index (χ0) is 16.6. The van der Waals surface area contributed by atoms with Gasteiger partial charge in [0, 0.05) is 30.2 Å². The summed E-state index contributed by atoms with van der Waals surface area (Å²) in [5.41, 5.74) is 3.07. The Bertz CT molecular complexity index is 968. The van der Waals surface area contributed by atoms with Crippen LogP contribution in [-0.2, 0) is 16.6 Å². The first-order valence-electron chi connectivity index (χ1n) is 7.35. The van der Waals surface area contributed by atoms with Gasteiger partial charge in [-0.2, -0.15) is 0 Å². The van der Waals surface area contributed by atoms with Crippen molar-refractivity contribution in [1.82, 2.24) is 24.2 Å². The minimum absolute atomic E-state index is 0.472. The van der Waals surface area contributed by atoms with Gasteiger partial charge in [-0.05, 0) is 19.9 Å². The van der Waals surface area contributed by atoms with Gasteiger partial charge in [-0.25, -0.2) is 18.4 Å². The van der Waals surface area contributed by atoms with Crippen LogP contribution in [0.4, 0.5) is 0 Å². The van der Waals surface area contributed by atoms with E-state index in [1.807, 2.05) is 16.8 Å². The summed E-state index contributed by atoms with van der Waals surface area (Å²) in [7, 11) is -3.35. The molecule has 0 atom stereocenters. The average molecular weight is 333 g/mol. The highest BCUT2D eigenvalue weighted by Gasteiger charge is 2.16. The number of pyridine rings is 1. The van der Waals surface area contributed by atoms with Crippen molar-refractivity contribution in [1.29, 1.82) is 0 Å². The van der Waals surface area contributed by atoms with E-state index in [1.165, 1.54) is 0 Å². The van der Waals surface area contributed by atoms with Crippen LogP contribution in [0, 0.1) is 0 Å². The maximum Gasteiger partial charge on any atom is 0.234 e. The zero-order valence-electron chi connectivity index (χ0n) is 13.1. The molecule has 8 heteroatoms. The van der Waals surface area contributed by atoms with E-state index in [4.69, 9.17) is 0 Å². The molecule has 0 aliphatic heterocycles. The molecule has 7 nitrogen and oxygen atoms in total. The number of fused-ring (bicyclic) bond motifs is 3. The van der Waals surface area contributed by atoms with Crippen molar-refractivity contribution in [3.05, 3.63) is 37.1 Å². The summed E-state index contributed by atoms with van der Waals surface area (Å²) >= 11 is 0. The quantitative estimate of drug-likeness (QED) is 0.723. The summed E-state index contributed by atoms with van der Waals surface area (Å²) < 4.78 is 28.2. The third-order valence-electron chi connectivity index (χ3n) is 3.72. The molecule has 0 unspecified atom stereocenters. The van der Waals surface area contributed by atoms with E-state index in [2.05, 4.69) is 26.3 Å². The number of allylic oxidation sites excluding steroid dienone is 1. The first-order chi connectivity index (χ1) is 10.9. The Morgan fingerprint density at radius 1 is 1.43 bits per heavy atom. The zero-order valence-corrected chi connectivity index (χ0v) is 13.9. The largest absolute Gasteiger partial charge is 0.346 e. The molecular formula is C15H19N5O2S. The Morgan fingerprint density at radius 2 is 2.22 bits per heavy atom. The molecule has 3 heterocycles. The van der Waals surface area contributed by atoms with Crippen LogP contribution in [-0.4, -0.2) is 33.2 Å². The third-order valence-corrected chi connectivity index (χ3v) is 5.54. The summed E-state index contributed by atoms with van der Waals surface area (Å²) in [6.07, 6.45) is 5.79. The van der Waals surface area contributed by atoms with Crippen LogP contribution in [0.25, 0.3) is 22.1 Å². The minimum Gasteiger partial charge on any atom is -0.346 e. The lowest BCUT2D eigenvalue weighted by molar-refractivity contribution is 0.576. The number of aromatic amines is 1. The maximum absolute atomic E-state index is 11.9. The van der Waals surface area contributed by atoms with Crippen molar-refractivity contribution in [2.24, 2.45) is 0 Å². The van der Waals surface area contributed by atoms with Gasteiger partial charge >= 0.3 is 0 Å². The number of rotatable bonds is 6. The number of hydrogen-bond donors (Lipinski definition) is 2. The van der Waals surface area contributed by atoms with Crippen LogP contribution in [0.1, 0.15) is 20.3 Å². The third kappa shape index (κ3) is 2.94. The number of hydrogen-bond acceptors (Lipinski definition) is 4. The predicted octanol–water partition coefficient (Wildman–Crippen LogP) is 2.14. The molecule has 3 aromatic rings. The van der Waals surface area contributed by atoms with Crippen LogP contribution < -0.4 is 4.72 Å². The van der Waals surface area contributed by atoms with Gasteiger partial charge in [0.05, 0.1) is 23.3 Å². The molecule has 3 rings (SSSR count). The van der Waals surface area contributed by atoms with Gasteiger partial charge in [-0.15, -0.1) is 0 Å². The smallest absolute Gasteiger partial charge is 0.234 e. The number of nitrogens with one attached hydrogen (secondary N) is 2. The number of aryl methyl sites for hydroxylation is 1. The first kappa shape index (κ1) is 15.5. The van der Waals surface area contributed by atoms with Crippen molar-refractivity contribution >= 4 is 32.1 Å². The molecule has 0 saturated heterocycles. The highest BCUT2D eigenvalue weighted by molar-refractivity contribution is 7.90. The highest BCUT2D eigenvalue weighted by Crippen LogP contribution is 2.22. The topological polar surface area (TPSA) is 92.7 Å². The first-order valence-corrected chi connectivity index (χ1v) is 8.89. The Hall–Kier alpha value is -2.35. The number of aromatic nitrogens is 4. The molecule has 0 fully saturated rings. The van der Waals surface area contributed by atoms with Crippen molar-refractivity contribution in [2.45, 2.75) is 32.1 Å². The lowest BCUT2D eigenvalue weighted by Gasteiger charge is -2.13. The van der Waals surface area contributed by atoms with Crippen LogP contribution in [0.5, 0.6) is 0 Å². The van der Waals surface area contributed by atoms with Crippen LogP contribution in [0.2, 0.25) is 0 Å². The van der Waals surface area contributed by atoms with E-state index in [9.17, 15) is 8.42 Å². The standard InChI is InChI=1S/C15H19N5O2S/c1-10(2)23(21,22)19-11(3)5-7-20-9-18-13-8-17-15-12(14(13)20)4-6-16-15/h4,6,8-10,19H,3,5,7H2,1-2H3,(H,16,17). The highest BCUT2D eigenvalue weighted by atomic mass is 32.2. The second kappa shape index (κ2) is 5.69. The lowest BCUT2D eigenvalue weighted by atomic mass is 10.3. The molecular weight excluding hydrogens is 314 g/mol. The Balaban J connectivity index is 1.80. The Kier molecular flexibility index (Phi) is 3.85. The molecule has 0 bridgehead atoms. The number of imidazole rings is 1. The predicted molar refractivity (Wildman–Crippen MR) is 90.3 cm³/mol. The molecule has 2 N–H and O–H groups in total. The molecule has 0 aliphatic carbocycles. The fraction of sp³-hybridized carbons (Fsp3) is 0.333. The fourth-order valence-electron chi connectivity index (χ4n) is 2.36. The Morgan fingerprint density at radius 3 is 2.96 bits per heavy atom. The van der Waals surface area contributed by atoms with E-state index in [0.717, 1.165) is 22.1 Å². The molecule has 23 heavy (non-hydrogen) atoms. The fourth-order valence-corrected chi connectivity index (χ4v) is 3.10. The molecule has 0 amide bonds. The maximum atomic E-state index is 11.9. The van der Waals surface area contributed by atoms with Crippen molar-refractivity contribution in [2.75, 3.05) is 0 Å². The summed E-state index contributed by atoms with van der Waals surface area (Å²) in [6, 6.07) is 1.96. The normalized spacial score (nSPS) is 12.3. The van der Waals surface area contributed by atoms with E-state index in [0.29, 0.717) is 18.7 Å². The van der Waals surface area contributed by atoms with Crippen LogP contribution >= 0.6 is 0 Å². The molecule has 3 aromatic heterocycles. The molecule has 0 radical (unpaired) electrons. The Labute approximate surface area is 134 Å².